The molecule has 3 N–H and O–H groups in total. The molecule has 0 spiro atoms. The lowest BCUT2D eigenvalue weighted by Gasteiger charge is -2.09. The molecule has 0 fully saturated rings. The summed E-state index contributed by atoms with van der Waals surface area (Å²) < 4.78 is 3.08. The summed E-state index contributed by atoms with van der Waals surface area (Å²) in [5, 5.41) is 5.07. The quantitative estimate of drug-likeness (QED) is 0.412. The van der Waals surface area contributed by atoms with Crippen molar-refractivity contribution in [1.82, 2.24) is 19.7 Å². The number of halogens is 1. The zero-order valence-electron chi connectivity index (χ0n) is 14.0. The molecule has 130 valence electrons. The number of nitrogens with one attached hydrogen (secondary N) is 3. The third kappa shape index (κ3) is 3.39. The van der Waals surface area contributed by atoms with Gasteiger partial charge in [-0.05, 0) is 54.9 Å². The van der Waals surface area contributed by atoms with Crippen LogP contribution in [0.25, 0.3) is 22.2 Å². The second-order valence-electron chi connectivity index (χ2n) is 5.61. The zero-order valence-corrected chi connectivity index (χ0v) is 15.5. The molecule has 0 bridgehead atoms. The van der Waals surface area contributed by atoms with Gasteiger partial charge in [-0.1, -0.05) is 29.8 Å². The van der Waals surface area contributed by atoms with Gasteiger partial charge in [0.1, 0.15) is 17.8 Å². The number of benzene rings is 2. The van der Waals surface area contributed by atoms with Crippen molar-refractivity contribution in [1.29, 1.82) is 0 Å². The molecule has 0 aliphatic heterocycles. The highest BCUT2D eigenvalue weighted by Gasteiger charge is 2.13. The molecule has 0 saturated heterocycles. The van der Waals surface area contributed by atoms with E-state index in [1.807, 2.05) is 49.6 Å². The average Bonchev–Trinajstić information content (AvgIpc) is 3.08. The fourth-order valence-electron chi connectivity index (χ4n) is 2.81. The molecule has 0 aliphatic rings. The van der Waals surface area contributed by atoms with E-state index in [1.54, 1.807) is 18.3 Å². The van der Waals surface area contributed by atoms with E-state index >= 15 is 0 Å². The first-order valence-electron chi connectivity index (χ1n) is 8.03. The first-order valence-corrected chi connectivity index (χ1v) is 9.23. The van der Waals surface area contributed by atoms with Gasteiger partial charge in [-0.15, -0.1) is 0 Å². The average molecular weight is 382 g/mol. The van der Waals surface area contributed by atoms with Crippen LogP contribution in [-0.4, -0.2) is 22.0 Å². The molecule has 4 rings (SSSR count). The molecule has 26 heavy (non-hydrogen) atoms. The van der Waals surface area contributed by atoms with E-state index in [4.69, 9.17) is 11.6 Å². The summed E-state index contributed by atoms with van der Waals surface area (Å²) in [5.74, 6) is 0.757. The highest BCUT2D eigenvalue weighted by Crippen LogP contribution is 2.34. The molecule has 0 saturated carbocycles. The van der Waals surface area contributed by atoms with Crippen LogP contribution in [0.1, 0.15) is 0 Å². The van der Waals surface area contributed by atoms with Gasteiger partial charge in [0.15, 0.2) is 0 Å². The Balaban J connectivity index is 1.77. The van der Waals surface area contributed by atoms with Crippen molar-refractivity contribution in [2.45, 2.75) is 4.90 Å². The van der Waals surface area contributed by atoms with Crippen LogP contribution in [0.3, 0.4) is 0 Å². The first-order chi connectivity index (χ1) is 12.7. The summed E-state index contributed by atoms with van der Waals surface area (Å²) in [4.78, 5) is 13.2. The Kier molecular flexibility index (Phi) is 4.79. The Morgan fingerprint density at radius 1 is 1.08 bits per heavy atom. The lowest BCUT2D eigenvalue weighted by Crippen LogP contribution is -1.97. The number of rotatable bonds is 5. The van der Waals surface area contributed by atoms with Gasteiger partial charge in [0.05, 0.1) is 5.39 Å². The molecular formula is C19H16ClN5S. The van der Waals surface area contributed by atoms with E-state index in [1.165, 1.54) is 0 Å². The third-order valence-corrected chi connectivity index (χ3v) is 4.89. The number of fused-ring (bicyclic) bond motifs is 1. The Morgan fingerprint density at radius 3 is 2.73 bits per heavy atom. The van der Waals surface area contributed by atoms with Crippen molar-refractivity contribution < 1.29 is 0 Å². The van der Waals surface area contributed by atoms with Crippen LogP contribution in [-0.2, 0) is 0 Å². The summed E-state index contributed by atoms with van der Waals surface area (Å²) in [5.41, 5.74) is 3.83. The van der Waals surface area contributed by atoms with E-state index in [0.29, 0.717) is 5.02 Å². The molecule has 0 aliphatic carbocycles. The Labute approximate surface area is 160 Å². The normalized spacial score (nSPS) is 11.0. The standard InChI is InChI=1S/C19H16ClN5S/c1-21-26-15-4-2-3-14(9-15)25-19-17-16(10-22-18(17)23-11-24-19)12-5-7-13(20)8-6-12/h2-11,21H,1H3,(H2,22,23,24,25). The number of anilines is 2. The lowest BCUT2D eigenvalue weighted by molar-refractivity contribution is 1.20. The lowest BCUT2D eigenvalue weighted by atomic mass is 10.1. The van der Waals surface area contributed by atoms with Crippen LogP contribution in [0, 0.1) is 0 Å². The van der Waals surface area contributed by atoms with E-state index in [-0.39, 0.29) is 0 Å². The third-order valence-electron chi connectivity index (χ3n) is 3.94. The van der Waals surface area contributed by atoms with Gasteiger partial charge in [-0.2, -0.15) is 0 Å². The van der Waals surface area contributed by atoms with Crippen molar-refractivity contribution in [3.05, 3.63) is 66.1 Å². The summed E-state index contributed by atoms with van der Waals surface area (Å²) in [7, 11) is 1.90. The Morgan fingerprint density at radius 2 is 1.92 bits per heavy atom. The minimum atomic E-state index is 0.710. The molecule has 0 atom stereocenters. The second kappa shape index (κ2) is 7.37. The highest BCUT2D eigenvalue weighted by atomic mass is 35.5. The van der Waals surface area contributed by atoms with Crippen LogP contribution in [0.15, 0.2) is 66.0 Å². The van der Waals surface area contributed by atoms with Gasteiger partial charge in [-0.25, -0.2) is 9.97 Å². The van der Waals surface area contributed by atoms with Crippen LogP contribution in [0.2, 0.25) is 5.02 Å². The van der Waals surface area contributed by atoms with Gasteiger partial charge < -0.3 is 10.3 Å². The van der Waals surface area contributed by atoms with E-state index in [9.17, 15) is 0 Å². The summed E-state index contributed by atoms with van der Waals surface area (Å²) >= 11 is 7.58. The highest BCUT2D eigenvalue weighted by molar-refractivity contribution is 7.97. The van der Waals surface area contributed by atoms with Crippen molar-refractivity contribution in [3.63, 3.8) is 0 Å². The number of nitrogens with zero attached hydrogens (tertiary/aromatic N) is 2. The maximum absolute atomic E-state index is 6.02. The summed E-state index contributed by atoms with van der Waals surface area (Å²) in [6.07, 6.45) is 3.50. The zero-order chi connectivity index (χ0) is 17.9. The van der Waals surface area contributed by atoms with Gasteiger partial charge in [0.2, 0.25) is 0 Å². The van der Waals surface area contributed by atoms with E-state index in [2.05, 4.69) is 37.1 Å². The number of aromatic nitrogens is 3. The van der Waals surface area contributed by atoms with Gasteiger partial charge >= 0.3 is 0 Å². The van der Waals surface area contributed by atoms with Crippen LogP contribution in [0.5, 0.6) is 0 Å². The van der Waals surface area contributed by atoms with Crippen LogP contribution < -0.4 is 10.0 Å². The molecule has 0 unspecified atom stereocenters. The number of hydrogen-bond donors (Lipinski definition) is 3. The fourth-order valence-corrected chi connectivity index (χ4v) is 3.50. The topological polar surface area (TPSA) is 65.6 Å². The van der Waals surface area contributed by atoms with Crippen molar-refractivity contribution in [2.75, 3.05) is 12.4 Å². The van der Waals surface area contributed by atoms with Gasteiger partial charge in [0, 0.05) is 27.4 Å². The maximum Gasteiger partial charge on any atom is 0.143 e. The number of H-pyrrole nitrogens is 1. The Bertz CT molecular complexity index is 1050. The molecule has 2 heterocycles. The Hall–Kier alpha value is -2.54. The second-order valence-corrected chi connectivity index (χ2v) is 7.13. The number of hydrogen-bond acceptors (Lipinski definition) is 5. The molecule has 7 heteroatoms. The fraction of sp³-hybridized carbons (Fsp3) is 0.0526. The molecule has 0 radical (unpaired) electrons. The molecule has 2 aromatic carbocycles. The van der Waals surface area contributed by atoms with Crippen molar-refractivity contribution >= 4 is 46.1 Å². The van der Waals surface area contributed by atoms with Gasteiger partial charge in [-0.3, -0.25) is 4.72 Å². The first kappa shape index (κ1) is 16.9. The van der Waals surface area contributed by atoms with Crippen molar-refractivity contribution in [2.24, 2.45) is 0 Å². The predicted molar refractivity (Wildman–Crippen MR) is 109 cm³/mol. The SMILES string of the molecule is CNSc1cccc(Nc2ncnc3[nH]cc(-c4ccc(Cl)cc4)c23)c1. The van der Waals surface area contributed by atoms with Gasteiger partial charge in [0.25, 0.3) is 0 Å². The molecule has 2 aromatic heterocycles. The largest absolute Gasteiger partial charge is 0.345 e. The number of aromatic amines is 1. The summed E-state index contributed by atoms with van der Waals surface area (Å²) in [6.45, 7) is 0. The molecule has 4 aromatic rings. The van der Waals surface area contributed by atoms with E-state index in [0.717, 1.165) is 38.6 Å². The molecule has 0 amide bonds. The monoisotopic (exact) mass is 381 g/mol. The minimum Gasteiger partial charge on any atom is -0.345 e. The van der Waals surface area contributed by atoms with E-state index < -0.39 is 0 Å². The van der Waals surface area contributed by atoms with Crippen molar-refractivity contribution in [3.8, 4) is 11.1 Å². The molecule has 5 nitrogen and oxygen atoms in total. The molecular weight excluding hydrogens is 366 g/mol. The predicted octanol–water partition coefficient (Wildman–Crippen LogP) is 5.25. The smallest absolute Gasteiger partial charge is 0.143 e. The summed E-state index contributed by atoms with van der Waals surface area (Å²) in [6, 6.07) is 15.9. The maximum atomic E-state index is 6.02. The minimum absolute atomic E-state index is 0.710. The van der Waals surface area contributed by atoms with Crippen LogP contribution >= 0.6 is 23.5 Å². The van der Waals surface area contributed by atoms with Crippen LogP contribution in [0.4, 0.5) is 11.5 Å².